The van der Waals surface area contributed by atoms with Crippen LogP contribution in [0, 0.1) is 0 Å². The van der Waals surface area contributed by atoms with Gasteiger partial charge in [-0.1, -0.05) is 19.0 Å². The molecule has 0 aromatic carbocycles. The summed E-state index contributed by atoms with van der Waals surface area (Å²) in [6, 6.07) is 0.238. The quantitative estimate of drug-likeness (QED) is 0.772. The van der Waals surface area contributed by atoms with E-state index in [1.807, 2.05) is 27.8 Å². The SMILES string of the molecule is CC(C)c1nc(CN(C)C(C)CS(C)=O)no1. The molecule has 6 heteroatoms. The molecule has 1 heterocycles. The average molecular weight is 259 g/mol. The van der Waals surface area contributed by atoms with Crippen LogP contribution in [0.1, 0.15) is 38.4 Å². The van der Waals surface area contributed by atoms with Crippen molar-refractivity contribution >= 4 is 10.8 Å². The molecule has 17 heavy (non-hydrogen) atoms. The predicted octanol–water partition coefficient (Wildman–Crippen LogP) is 1.39. The van der Waals surface area contributed by atoms with Gasteiger partial charge in [0, 0.05) is 34.8 Å². The fraction of sp³-hybridized carbons (Fsp3) is 0.818. The van der Waals surface area contributed by atoms with Gasteiger partial charge in [-0.15, -0.1) is 0 Å². The fourth-order valence-corrected chi connectivity index (χ4v) is 2.35. The number of aromatic nitrogens is 2. The molecule has 0 saturated carbocycles. The van der Waals surface area contributed by atoms with Crippen LogP contribution in [0.15, 0.2) is 4.52 Å². The zero-order valence-electron chi connectivity index (χ0n) is 11.1. The molecule has 0 bridgehead atoms. The van der Waals surface area contributed by atoms with Crippen molar-refractivity contribution in [3.05, 3.63) is 11.7 Å². The maximum absolute atomic E-state index is 11.1. The highest BCUT2D eigenvalue weighted by Gasteiger charge is 2.15. The molecule has 1 aromatic heterocycles. The van der Waals surface area contributed by atoms with Gasteiger partial charge in [0.2, 0.25) is 5.89 Å². The highest BCUT2D eigenvalue weighted by molar-refractivity contribution is 7.84. The lowest BCUT2D eigenvalue weighted by atomic mass is 10.2. The third kappa shape index (κ3) is 4.55. The van der Waals surface area contributed by atoms with Gasteiger partial charge in [-0.05, 0) is 14.0 Å². The van der Waals surface area contributed by atoms with Crippen molar-refractivity contribution < 1.29 is 8.73 Å². The van der Waals surface area contributed by atoms with Crippen LogP contribution < -0.4 is 0 Å². The van der Waals surface area contributed by atoms with E-state index in [9.17, 15) is 4.21 Å². The second kappa shape index (κ2) is 6.26. The van der Waals surface area contributed by atoms with E-state index in [1.54, 1.807) is 6.26 Å². The lowest BCUT2D eigenvalue weighted by Crippen LogP contribution is -2.33. The summed E-state index contributed by atoms with van der Waals surface area (Å²) < 4.78 is 16.3. The molecular formula is C11H21N3O2S. The van der Waals surface area contributed by atoms with Gasteiger partial charge in [-0.2, -0.15) is 4.98 Å². The Morgan fingerprint density at radius 1 is 1.41 bits per heavy atom. The Bertz CT molecular complexity index is 379. The fourth-order valence-electron chi connectivity index (χ4n) is 1.41. The molecule has 0 aliphatic rings. The molecular weight excluding hydrogens is 238 g/mol. The Labute approximate surface area is 105 Å². The van der Waals surface area contributed by atoms with Gasteiger partial charge in [0.15, 0.2) is 5.82 Å². The molecule has 0 radical (unpaired) electrons. The first-order valence-corrected chi connectivity index (χ1v) is 7.45. The summed E-state index contributed by atoms with van der Waals surface area (Å²) in [7, 11) is 1.19. The minimum absolute atomic E-state index is 0.238. The lowest BCUT2D eigenvalue weighted by Gasteiger charge is -2.21. The van der Waals surface area contributed by atoms with E-state index in [4.69, 9.17) is 4.52 Å². The standard InChI is InChI=1S/C11H21N3O2S/c1-8(2)11-12-10(13-16-11)6-14(4)9(3)7-17(5)15/h8-9H,6-7H2,1-5H3. The van der Waals surface area contributed by atoms with E-state index in [0.29, 0.717) is 24.0 Å². The summed E-state index contributed by atoms with van der Waals surface area (Å²) in [4.78, 5) is 6.40. The molecule has 5 nitrogen and oxygen atoms in total. The third-order valence-electron chi connectivity index (χ3n) is 2.60. The molecule has 2 unspecified atom stereocenters. The van der Waals surface area contributed by atoms with Crippen molar-refractivity contribution in [1.29, 1.82) is 0 Å². The van der Waals surface area contributed by atoms with Gasteiger partial charge in [0.1, 0.15) is 0 Å². The molecule has 0 spiro atoms. The second-order valence-corrected chi connectivity index (χ2v) is 6.19. The van der Waals surface area contributed by atoms with Crippen LogP contribution in [0.3, 0.4) is 0 Å². The van der Waals surface area contributed by atoms with E-state index >= 15 is 0 Å². The van der Waals surface area contributed by atoms with Crippen LogP contribution >= 0.6 is 0 Å². The molecule has 0 saturated heterocycles. The Kier molecular flexibility index (Phi) is 5.27. The van der Waals surface area contributed by atoms with E-state index in [1.165, 1.54) is 0 Å². The molecule has 0 aliphatic heterocycles. The molecule has 1 aromatic rings. The number of hydrogen-bond acceptors (Lipinski definition) is 5. The van der Waals surface area contributed by atoms with Gasteiger partial charge < -0.3 is 4.52 Å². The van der Waals surface area contributed by atoms with Crippen molar-refractivity contribution in [2.45, 2.75) is 39.3 Å². The number of hydrogen-bond donors (Lipinski definition) is 0. The highest BCUT2D eigenvalue weighted by atomic mass is 32.2. The zero-order valence-corrected chi connectivity index (χ0v) is 12.0. The summed E-state index contributed by atoms with van der Waals surface area (Å²) in [5.41, 5.74) is 0. The number of rotatable bonds is 6. The zero-order chi connectivity index (χ0) is 13.0. The molecule has 0 amide bonds. The van der Waals surface area contributed by atoms with E-state index < -0.39 is 10.8 Å². The molecule has 1 rings (SSSR count). The summed E-state index contributed by atoms with van der Waals surface area (Å²) in [6.07, 6.45) is 1.72. The minimum Gasteiger partial charge on any atom is -0.339 e. The largest absolute Gasteiger partial charge is 0.339 e. The highest BCUT2D eigenvalue weighted by Crippen LogP contribution is 2.12. The summed E-state index contributed by atoms with van der Waals surface area (Å²) in [6.45, 7) is 6.70. The Balaban J connectivity index is 2.55. The third-order valence-corrected chi connectivity index (χ3v) is 3.55. The van der Waals surface area contributed by atoms with Crippen LogP contribution in [0.25, 0.3) is 0 Å². The minimum atomic E-state index is -0.782. The molecule has 0 N–H and O–H groups in total. The van der Waals surface area contributed by atoms with Gasteiger partial charge >= 0.3 is 0 Å². The second-order valence-electron chi connectivity index (χ2n) is 4.71. The Hall–Kier alpha value is -0.750. The van der Waals surface area contributed by atoms with E-state index in [2.05, 4.69) is 15.0 Å². The molecule has 2 atom stereocenters. The Morgan fingerprint density at radius 3 is 2.53 bits per heavy atom. The van der Waals surface area contributed by atoms with Gasteiger partial charge in [0.25, 0.3) is 0 Å². The number of nitrogens with zero attached hydrogens (tertiary/aromatic N) is 3. The maximum Gasteiger partial charge on any atom is 0.229 e. The first-order valence-electron chi connectivity index (χ1n) is 5.73. The van der Waals surface area contributed by atoms with Crippen LogP contribution in [0.5, 0.6) is 0 Å². The van der Waals surface area contributed by atoms with Crippen LogP contribution in [0.4, 0.5) is 0 Å². The topological polar surface area (TPSA) is 59.2 Å². The van der Waals surface area contributed by atoms with Crippen LogP contribution in [0.2, 0.25) is 0 Å². The first-order chi connectivity index (χ1) is 7.90. The van der Waals surface area contributed by atoms with Gasteiger partial charge in [-0.25, -0.2) is 0 Å². The monoisotopic (exact) mass is 259 g/mol. The van der Waals surface area contributed by atoms with Crippen molar-refractivity contribution in [3.8, 4) is 0 Å². The Morgan fingerprint density at radius 2 is 2.06 bits per heavy atom. The summed E-state index contributed by atoms with van der Waals surface area (Å²) >= 11 is 0. The predicted molar refractivity (Wildman–Crippen MR) is 68.2 cm³/mol. The van der Waals surface area contributed by atoms with Crippen molar-refractivity contribution in [2.24, 2.45) is 0 Å². The molecule has 98 valence electrons. The molecule has 0 aliphatic carbocycles. The van der Waals surface area contributed by atoms with Crippen LogP contribution in [-0.2, 0) is 17.3 Å². The smallest absolute Gasteiger partial charge is 0.229 e. The van der Waals surface area contributed by atoms with Crippen molar-refractivity contribution in [3.63, 3.8) is 0 Å². The summed E-state index contributed by atoms with van der Waals surface area (Å²) in [5, 5.41) is 3.94. The van der Waals surface area contributed by atoms with E-state index in [-0.39, 0.29) is 12.0 Å². The normalized spacial score (nSPS) is 15.5. The average Bonchev–Trinajstić information content (AvgIpc) is 2.65. The van der Waals surface area contributed by atoms with Crippen molar-refractivity contribution in [2.75, 3.05) is 19.1 Å². The molecule has 0 fully saturated rings. The van der Waals surface area contributed by atoms with Gasteiger partial charge in [-0.3, -0.25) is 9.11 Å². The van der Waals surface area contributed by atoms with Crippen molar-refractivity contribution in [1.82, 2.24) is 15.0 Å². The maximum atomic E-state index is 11.1. The first kappa shape index (κ1) is 14.3. The summed E-state index contributed by atoms with van der Waals surface area (Å²) in [5.74, 6) is 2.26. The van der Waals surface area contributed by atoms with Gasteiger partial charge in [0.05, 0.1) is 6.54 Å². The van der Waals surface area contributed by atoms with E-state index in [0.717, 1.165) is 0 Å². The van der Waals surface area contributed by atoms with Crippen LogP contribution in [-0.4, -0.2) is 44.3 Å². The lowest BCUT2D eigenvalue weighted by molar-refractivity contribution is 0.256.